The zero-order valence-corrected chi connectivity index (χ0v) is 17.5. The molecule has 7 N–H and O–H groups in total. The van der Waals surface area contributed by atoms with Crippen LogP contribution in [-0.2, 0) is 28.8 Å². The van der Waals surface area contributed by atoms with E-state index in [1.54, 1.807) is 0 Å². The maximum absolute atomic E-state index is 13.1. The van der Waals surface area contributed by atoms with Crippen molar-refractivity contribution >= 4 is 35.6 Å². The lowest BCUT2D eigenvalue weighted by atomic mass is 10.1. The van der Waals surface area contributed by atoms with E-state index in [4.69, 9.17) is 10.8 Å². The Morgan fingerprint density at radius 2 is 1.69 bits per heavy atom. The van der Waals surface area contributed by atoms with Gasteiger partial charge >= 0.3 is 11.9 Å². The molecule has 0 radical (unpaired) electrons. The molecule has 2 rings (SSSR count). The number of hydrogen-bond donors (Lipinski definition) is 6. The van der Waals surface area contributed by atoms with Crippen molar-refractivity contribution in [3.63, 3.8) is 0 Å². The Morgan fingerprint density at radius 1 is 1.00 bits per heavy atom. The van der Waals surface area contributed by atoms with Gasteiger partial charge in [0.05, 0.1) is 12.5 Å². The molecule has 13 heteroatoms. The van der Waals surface area contributed by atoms with Crippen LogP contribution < -0.4 is 21.7 Å². The van der Waals surface area contributed by atoms with Gasteiger partial charge in [-0.1, -0.05) is 0 Å². The summed E-state index contributed by atoms with van der Waals surface area (Å²) in [6, 6.07) is -4.16. The third-order valence-electron chi connectivity index (χ3n) is 5.50. The number of hydrogen-bond acceptors (Lipinski definition) is 7. The van der Waals surface area contributed by atoms with E-state index in [9.17, 15) is 33.9 Å². The van der Waals surface area contributed by atoms with Gasteiger partial charge in [0, 0.05) is 13.0 Å². The molecule has 0 aromatic carbocycles. The van der Waals surface area contributed by atoms with Gasteiger partial charge in [-0.05, 0) is 38.6 Å². The minimum absolute atomic E-state index is 0.156. The van der Waals surface area contributed by atoms with Crippen LogP contribution in [0.4, 0.5) is 0 Å². The molecule has 0 bridgehead atoms. The second-order valence-electron chi connectivity index (χ2n) is 7.90. The fourth-order valence-electron chi connectivity index (χ4n) is 3.88. The van der Waals surface area contributed by atoms with Crippen molar-refractivity contribution in [2.45, 2.75) is 69.1 Å². The largest absolute Gasteiger partial charge is 0.481 e. The third-order valence-corrected chi connectivity index (χ3v) is 5.50. The van der Waals surface area contributed by atoms with E-state index >= 15 is 0 Å². The SMILES string of the molecule is NC(=O)CC(NC(=O)C1CCCN1C(=O)C(CCC(=O)O)NC(=O)C1CCCN1)C(=O)O. The van der Waals surface area contributed by atoms with E-state index in [-0.39, 0.29) is 25.8 Å². The number of amides is 4. The number of carboxylic acid groups (broad SMARTS) is 2. The second kappa shape index (κ2) is 11.4. The fraction of sp³-hybridized carbons (Fsp3) is 0.684. The van der Waals surface area contributed by atoms with E-state index in [1.807, 2.05) is 0 Å². The molecular weight excluding hydrogens is 426 g/mol. The fourth-order valence-corrected chi connectivity index (χ4v) is 3.88. The number of carbonyl (C=O) groups excluding carboxylic acids is 4. The molecular formula is C19H29N5O8. The quantitative estimate of drug-likeness (QED) is 0.195. The van der Waals surface area contributed by atoms with Gasteiger partial charge in [0.15, 0.2) is 0 Å². The first kappa shape index (κ1) is 25.0. The molecule has 4 unspecified atom stereocenters. The van der Waals surface area contributed by atoms with Crippen LogP contribution in [0.5, 0.6) is 0 Å². The standard InChI is InChI=1S/C19H29N5O8/c20-14(25)9-12(19(31)32)23-17(29)13-4-2-8-24(13)18(30)11(5-6-15(26)27)22-16(28)10-3-1-7-21-10/h10-13,21H,1-9H2,(H2,20,25)(H,22,28)(H,23,29)(H,26,27)(H,31,32). The molecule has 2 aliphatic heterocycles. The van der Waals surface area contributed by atoms with Crippen molar-refractivity contribution in [1.82, 2.24) is 20.9 Å². The summed E-state index contributed by atoms with van der Waals surface area (Å²) in [5, 5.41) is 26.0. The Bertz CT molecular complexity index is 767. The highest BCUT2D eigenvalue weighted by molar-refractivity contribution is 5.95. The predicted octanol–water partition coefficient (Wildman–Crippen LogP) is -2.48. The average molecular weight is 455 g/mol. The molecule has 2 saturated heterocycles. The van der Waals surface area contributed by atoms with Gasteiger partial charge in [0.2, 0.25) is 23.6 Å². The van der Waals surface area contributed by atoms with E-state index in [2.05, 4.69) is 16.0 Å². The van der Waals surface area contributed by atoms with Crippen LogP contribution in [0.3, 0.4) is 0 Å². The molecule has 2 heterocycles. The predicted molar refractivity (Wildman–Crippen MR) is 108 cm³/mol. The van der Waals surface area contributed by atoms with Crippen molar-refractivity contribution in [3.05, 3.63) is 0 Å². The van der Waals surface area contributed by atoms with E-state index < -0.39 is 66.2 Å². The number of carbonyl (C=O) groups is 6. The summed E-state index contributed by atoms with van der Waals surface area (Å²) >= 11 is 0. The highest BCUT2D eigenvalue weighted by Crippen LogP contribution is 2.20. The number of likely N-dealkylation sites (tertiary alicyclic amines) is 1. The first-order valence-corrected chi connectivity index (χ1v) is 10.5. The van der Waals surface area contributed by atoms with E-state index in [1.165, 1.54) is 4.90 Å². The molecule has 0 saturated carbocycles. The molecule has 32 heavy (non-hydrogen) atoms. The Labute approximate surface area is 184 Å². The van der Waals surface area contributed by atoms with Crippen molar-refractivity contribution in [1.29, 1.82) is 0 Å². The van der Waals surface area contributed by atoms with E-state index in [0.717, 1.165) is 6.42 Å². The molecule has 2 fully saturated rings. The first-order valence-electron chi connectivity index (χ1n) is 10.5. The minimum atomic E-state index is -1.53. The normalized spacial score (nSPS) is 22.1. The monoisotopic (exact) mass is 455 g/mol. The van der Waals surface area contributed by atoms with Crippen LogP contribution in [0.25, 0.3) is 0 Å². The van der Waals surface area contributed by atoms with Crippen molar-refractivity contribution in [3.8, 4) is 0 Å². The number of nitrogens with one attached hydrogen (secondary N) is 3. The molecule has 0 aliphatic carbocycles. The summed E-state index contributed by atoms with van der Waals surface area (Å²) in [4.78, 5) is 72.9. The zero-order chi connectivity index (χ0) is 23.8. The Hall–Kier alpha value is -3.22. The number of nitrogens with zero attached hydrogens (tertiary/aromatic N) is 1. The van der Waals surface area contributed by atoms with Crippen LogP contribution in [0.1, 0.15) is 44.9 Å². The first-order chi connectivity index (χ1) is 15.1. The van der Waals surface area contributed by atoms with Crippen molar-refractivity contribution in [2.24, 2.45) is 5.73 Å². The Kier molecular flexibility index (Phi) is 8.93. The van der Waals surface area contributed by atoms with Crippen LogP contribution in [-0.4, -0.2) is 87.9 Å². The molecule has 4 atom stereocenters. The zero-order valence-electron chi connectivity index (χ0n) is 17.5. The number of primary amides is 1. The maximum Gasteiger partial charge on any atom is 0.326 e. The van der Waals surface area contributed by atoms with Gasteiger partial charge in [-0.15, -0.1) is 0 Å². The minimum Gasteiger partial charge on any atom is -0.481 e. The summed E-state index contributed by atoms with van der Waals surface area (Å²) in [6.45, 7) is 0.849. The van der Waals surface area contributed by atoms with Crippen LogP contribution in [0.15, 0.2) is 0 Å². The number of rotatable bonds is 11. The summed E-state index contributed by atoms with van der Waals surface area (Å²) in [6.07, 6.45) is 0.988. The maximum atomic E-state index is 13.1. The van der Waals surface area contributed by atoms with Crippen LogP contribution in [0, 0.1) is 0 Å². The third kappa shape index (κ3) is 6.90. The highest BCUT2D eigenvalue weighted by atomic mass is 16.4. The highest BCUT2D eigenvalue weighted by Gasteiger charge is 2.39. The topological polar surface area (TPSA) is 208 Å². The van der Waals surface area contributed by atoms with Gasteiger partial charge in [0.1, 0.15) is 18.1 Å². The summed E-state index contributed by atoms with van der Waals surface area (Å²) < 4.78 is 0. The van der Waals surface area contributed by atoms with Crippen LogP contribution in [0.2, 0.25) is 0 Å². The lowest BCUT2D eigenvalue weighted by molar-refractivity contribution is -0.146. The van der Waals surface area contributed by atoms with Gasteiger partial charge < -0.3 is 36.8 Å². The molecule has 4 amide bonds. The van der Waals surface area contributed by atoms with Gasteiger partial charge in [-0.25, -0.2) is 4.79 Å². The summed E-state index contributed by atoms with van der Waals surface area (Å²) in [5.74, 6) is -5.28. The molecule has 0 aromatic heterocycles. The lowest BCUT2D eigenvalue weighted by Gasteiger charge is -2.29. The Morgan fingerprint density at radius 3 is 2.25 bits per heavy atom. The summed E-state index contributed by atoms with van der Waals surface area (Å²) in [7, 11) is 0. The van der Waals surface area contributed by atoms with Gasteiger partial charge in [-0.3, -0.25) is 24.0 Å². The van der Waals surface area contributed by atoms with Gasteiger partial charge in [0.25, 0.3) is 0 Å². The van der Waals surface area contributed by atoms with Crippen molar-refractivity contribution < 1.29 is 39.0 Å². The summed E-state index contributed by atoms with van der Waals surface area (Å²) in [5.41, 5.74) is 5.02. The molecule has 178 valence electrons. The van der Waals surface area contributed by atoms with E-state index in [0.29, 0.717) is 19.4 Å². The number of carboxylic acids is 2. The van der Waals surface area contributed by atoms with Gasteiger partial charge in [-0.2, -0.15) is 0 Å². The smallest absolute Gasteiger partial charge is 0.326 e. The van der Waals surface area contributed by atoms with Crippen LogP contribution >= 0.6 is 0 Å². The lowest BCUT2D eigenvalue weighted by Crippen LogP contribution is -2.57. The molecule has 0 aromatic rings. The molecule has 0 spiro atoms. The average Bonchev–Trinajstić information content (AvgIpc) is 3.41. The molecule has 2 aliphatic rings. The van der Waals surface area contributed by atoms with Crippen molar-refractivity contribution in [2.75, 3.05) is 13.1 Å². The molecule has 13 nitrogen and oxygen atoms in total. The number of aliphatic carboxylic acids is 2. The Balaban J connectivity index is 2.10. The number of nitrogens with two attached hydrogens (primary N) is 1. The second-order valence-corrected chi connectivity index (χ2v) is 7.90.